The van der Waals surface area contributed by atoms with Gasteiger partial charge >= 0.3 is 5.97 Å². The summed E-state index contributed by atoms with van der Waals surface area (Å²) in [6.07, 6.45) is -0.932. The summed E-state index contributed by atoms with van der Waals surface area (Å²) in [6.45, 7) is 3.47. The molecule has 0 aromatic heterocycles. The Morgan fingerprint density at radius 3 is 2.43 bits per heavy atom. The van der Waals surface area contributed by atoms with E-state index in [4.69, 9.17) is 9.47 Å². The van der Waals surface area contributed by atoms with E-state index in [1.54, 1.807) is 25.1 Å². The molecule has 1 heterocycles. The Bertz CT molecular complexity index is 848. The molecule has 3 rings (SSSR count). The Morgan fingerprint density at radius 2 is 1.79 bits per heavy atom. The van der Waals surface area contributed by atoms with Crippen LogP contribution >= 0.6 is 23.5 Å². The number of hydrogen-bond donors (Lipinski definition) is 1. The van der Waals surface area contributed by atoms with Gasteiger partial charge in [-0.1, -0.05) is 18.2 Å². The zero-order chi connectivity index (χ0) is 20.1. The van der Waals surface area contributed by atoms with Crippen molar-refractivity contribution in [2.24, 2.45) is 0 Å². The van der Waals surface area contributed by atoms with Crippen LogP contribution in [0.3, 0.4) is 0 Å². The zero-order valence-corrected chi connectivity index (χ0v) is 17.7. The minimum Gasteiger partial charge on any atom is -0.495 e. The van der Waals surface area contributed by atoms with Crippen molar-refractivity contribution in [1.29, 1.82) is 0 Å². The maximum absolute atomic E-state index is 12.4. The molecule has 2 aromatic rings. The number of esters is 1. The fourth-order valence-corrected chi connectivity index (χ4v) is 5.62. The van der Waals surface area contributed by atoms with Crippen molar-refractivity contribution in [2.45, 2.75) is 24.5 Å². The van der Waals surface area contributed by atoms with Gasteiger partial charge in [-0.05, 0) is 49.2 Å². The average Bonchev–Trinajstić information content (AvgIpc) is 3.23. The Balaban J connectivity index is 1.60. The normalized spacial score (nSPS) is 15.1. The van der Waals surface area contributed by atoms with E-state index >= 15 is 0 Å². The minimum atomic E-state index is -0.932. The summed E-state index contributed by atoms with van der Waals surface area (Å²) in [5.74, 6) is 1.93. The van der Waals surface area contributed by atoms with Crippen LogP contribution in [0.4, 0.5) is 5.69 Å². The molecule has 5 nitrogen and oxygen atoms in total. The smallest absolute Gasteiger partial charge is 0.338 e. The Morgan fingerprint density at radius 1 is 1.11 bits per heavy atom. The highest BCUT2D eigenvalue weighted by molar-refractivity contribution is 8.19. The number of ether oxygens (including phenoxy) is 2. The number of thioether (sulfide) groups is 2. The van der Waals surface area contributed by atoms with Crippen LogP contribution in [-0.2, 0) is 9.53 Å². The van der Waals surface area contributed by atoms with Crippen molar-refractivity contribution in [3.05, 3.63) is 59.2 Å². The Labute approximate surface area is 173 Å². The van der Waals surface area contributed by atoms with Gasteiger partial charge in [0.1, 0.15) is 5.75 Å². The summed E-state index contributed by atoms with van der Waals surface area (Å²) in [4.78, 5) is 24.8. The third kappa shape index (κ3) is 5.02. The molecule has 1 fully saturated rings. The largest absolute Gasteiger partial charge is 0.495 e. The minimum absolute atomic E-state index is 0.410. The fraction of sp³-hybridized carbons (Fsp3) is 0.333. The third-order valence-corrected chi connectivity index (χ3v) is 7.41. The second-order valence-corrected chi connectivity index (χ2v) is 9.16. The molecule has 0 aliphatic carbocycles. The second-order valence-electron chi connectivity index (χ2n) is 6.44. The lowest BCUT2D eigenvalue weighted by atomic mass is 10.1. The lowest BCUT2D eigenvalue weighted by Gasteiger charge is -2.16. The maximum atomic E-state index is 12.4. The van der Waals surface area contributed by atoms with Gasteiger partial charge in [0.15, 0.2) is 6.10 Å². The van der Waals surface area contributed by atoms with Crippen LogP contribution in [0.1, 0.15) is 33.0 Å². The highest BCUT2D eigenvalue weighted by atomic mass is 32.2. The molecule has 7 heteroatoms. The highest BCUT2D eigenvalue weighted by Crippen LogP contribution is 2.45. The van der Waals surface area contributed by atoms with Gasteiger partial charge in [0, 0.05) is 11.5 Å². The summed E-state index contributed by atoms with van der Waals surface area (Å²) in [6, 6.07) is 12.9. The van der Waals surface area contributed by atoms with E-state index in [0.717, 1.165) is 17.1 Å². The van der Waals surface area contributed by atoms with E-state index in [9.17, 15) is 9.59 Å². The van der Waals surface area contributed by atoms with Crippen molar-refractivity contribution in [3.63, 3.8) is 0 Å². The van der Waals surface area contributed by atoms with Crippen LogP contribution in [0.25, 0.3) is 0 Å². The number of hydrogen-bond acceptors (Lipinski definition) is 6. The molecule has 0 saturated carbocycles. The SMILES string of the molecule is COc1ccc(C)cc1NC(=O)[C@H](C)OC(=O)c1ccc(C2SCCS2)cc1. The van der Waals surface area contributed by atoms with Crippen molar-refractivity contribution in [3.8, 4) is 5.75 Å². The molecule has 1 aliphatic rings. The molecule has 2 aromatic carbocycles. The molecule has 0 radical (unpaired) electrons. The Kier molecular flexibility index (Phi) is 6.91. The molecular formula is C21H23NO4S2. The van der Waals surface area contributed by atoms with Gasteiger partial charge in [0.25, 0.3) is 5.91 Å². The topological polar surface area (TPSA) is 64.6 Å². The first-order valence-corrected chi connectivity index (χ1v) is 11.1. The summed E-state index contributed by atoms with van der Waals surface area (Å²) in [5.41, 5.74) is 3.16. The maximum Gasteiger partial charge on any atom is 0.338 e. The number of rotatable bonds is 6. The number of amides is 1. The van der Waals surface area contributed by atoms with Crippen LogP contribution in [0.5, 0.6) is 5.75 Å². The monoisotopic (exact) mass is 417 g/mol. The predicted octanol–water partition coefficient (Wildman–Crippen LogP) is 4.67. The van der Waals surface area contributed by atoms with Gasteiger partial charge in [0.05, 0.1) is 22.9 Å². The summed E-state index contributed by atoms with van der Waals surface area (Å²) < 4.78 is 11.0. The van der Waals surface area contributed by atoms with Crippen LogP contribution < -0.4 is 10.1 Å². The van der Waals surface area contributed by atoms with Gasteiger partial charge < -0.3 is 14.8 Å². The first-order chi connectivity index (χ1) is 13.5. The average molecular weight is 418 g/mol. The summed E-state index contributed by atoms with van der Waals surface area (Å²) in [7, 11) is 1.54. The van der Waals surface area contributed by atoms with Crippen molar-refractivity contribution >= 4 is 41.1 Å². The standard InChI is InChI=1S/C21H23NO4S2/c1-13-4-9-18(25-3)17(12-13)22-19(23)14(2)26-20(24)15-5-7-16(8-6-15)21-27-10-11-28-21/h4-9,12,14,21H,10-11H2,1-3H3,(H,22,23)/t14-/m0/s1. The molecule has 28 heavy (non-hydrogen) atoms. The molecule has 1 amide bonds. The molecule has 0 unspecified atom stereocenters. The van der Waals surface area contributed by atoms with Crippen molar-refractivity contribution < 1.29 is 19.1 Å². The molecule has 1 aliphatic heterocycles. The number of methoxy groups -OCH3 is 1. The second kappa shape index (κ2) is 9.39. The van der Waals surface area contributed by atoms with Gasteiger partial charge in [-0.25, -0.2) is 4.79 Å². The molecule has 148 valence electrons. The quantitative estimate of drug-likeness (QED) is 0.690. The predicted molar refractivity (Wildman–Crippen MR) is 115 cm³/mol. The molecular weight excluding hydrogens is 394 g/mol. The molecule has 0 spiro atoms. The first-order valence-electron chi connectivity index (χ1n) is 8.97. The molecule has 1 atom stereocenters. The lowest BCUT2D eigenvalue weighted by molar-refractivity contribution is -0.123. The van der Waals surface area contributed by atoms with Gasteiger partial charge in [-0.3, -0.25) is 4.79 Å². The van der Waals surface area contributed by atoms with E-state index in [1.165, 1.54) is 12.7 Å². The van der Waals surface area contributed by atoms with Crippen molar-refractivity contribution in [2.75, 3.05) is 23.9 Å². The Hall–Kier alpha value is -2.12. The highest BCUT2D eigenvalue weighted by Gasteiger charge is 2.22. The fourth-order valence-electron chi connectivity index (χ4n) is 2.76. The van der Waals surface area contributed by atoms with Crippen LogP contribution in [-0.4, -0.2) is 36.6 Å². The van der Waals surface area contributed by atoms with Gasteiger partial charge in [0.2, 0.25) is 0 Å². The number of anilines is 1. The van der Waals surface area contributed by atoms with E-state index in [2.05, 4.69) is 5.32 Å². The number of benzene rings is 2. The number of carbonyl (C=O) groups excluding carboxylic acids is 2. The zero-order valence-electron chi connectivity index (χ0n) is 16.1. The summed E-state index contributed by atoms with van der Waals surface area (Å²) in [5, 5.41) is 2.76. The van der Waals surface area contributed by atoms with Gasteiger partial charge in [-0.15, -0.1) is 23.5 Å². The number of carbonyl (C=O) groups is 2. The van der Waals surface area contributed by atoms with E-state index in [-0.39, 0.29) is 0 Å². The third-order valence-electron chi connectivity index (χ3n) is 4.31. The van der Waals surface area contributed by atoms with Crippen LogP contribution in [0.15, 0.2) is 42.5 Å². The van der Waals surface area contributed by atoms with Crippen molar-refractivity contribution in [1.82, 2.24) is 0 Å². The molecule has 1 N–H and O–H groups in total. The van der Waals surface area contributed by atoms with Crippen LogP contribution in [0.2, 0.25) is 0 Å². The molecule has 0 bridgehead atoms. The number of aryl methyl sites for hydroxylation is 1. The van der Waals surface area contributed by atoms with E-state index < -0.39 is 18.0 Å². The first kappa shape index (κ1) is 20.6. The van der Waals surface area contributed by atoms with Crippen LogP contribution in [0, 0.1) is 6.92 Å². The number of nitrogens with one attached hydrogen (secondary N) is 1. The summed E-state index contributed by atoms with van der Waals surface area (Å²) >= 11 is 3.83. The van der Waals surface area contributed by atoms with E-state index in [1.807, 2.05) is 54.7 Å². The molecule has 1 saturated heterocycles. The van der Waals surface area contributed by atoms with Gasteiger partial charge in [-0.2, -0.15) is 0 Å². The lowest BCUT2D eigenvalue weighted by Crippen LogP contribution is -2.30. The van der Waals surface area contributed by atoms with E-state index in [0.29, 0.717) is 21.6 Å².